The third kappa shape index (κ3) is 5.46. The third-order valence-corrected chi connectivity index (χ3v) is 8.28. The Kier molecular flexibility index (Phi) is 7.37. The van der Waals surface area contributed by atoms with Gasteiger partial charge < -0.3 is 10.6 Å². The number of nitrogens with two attached hydrogens (primary N) is 1. The van der Waals surface area contributed by atoms with Gasteiger partial charge in [-0.05, 0) is 55.8 Å². The average Bonchev–Trinajstić information content (AvgIpc) is 3.44. The molecule has 7 rings (SSSR count). The van der Waals surface area contributed by atoms with Crippen molar-refractivity contribution in [2.24, 2.45) is 0 Å². The molecule has 0 radical (unpaired) electrons. The number of nitrogens with zero attached hydrogens (tertiary/aromatic N) is 9. The summed E-state index contributed by atoms with van der Waals surface area (Å²) in [6.45, 7) is 6.97. The Hall–Kier alpha value is -5.66. The highest BCUT2D eigenvalue weighted by Crippen LogP contribution is 2.32. The molecule has 10 heteroatoms. The van der Waals surface area contributed by atoms with Crippen molar-refractivity contribution in [1.29, 1.82) is 5.26 Å². The number of benzene rings is 2. The van der Waals surface area contributed by atoms with E-state index in [1.165, 1.54) is 11.9 Å². The van der Waals surface area contributed by atoms with Gasteiger partial charge in [0.15, 0.2) is 11.5 Å². The number of hydrogen-bond donors (Lipinski definition) is 1. The molecular formula is C35H32N10. The standard InChI is InChI=1S/C35H32N10/c1-23-19-43(20-24(2)44(23)32-17-27(18-36)39-22-40-32)21-25-10-12-28(13-11-25)45-34(29-9-6-16-38-33(29)37)42-31-15-14-30(41-35(31)45)26-7-4-3-5-8-26/h3-17,22-24H,19-21H2,1-2H3,(H2,37,38)/t23-,24+. The van der Waals surface area contributed by atoms with Gasteiger partial charge in [-0.2, -0.15) is 5.26 Å². The maximum Gasteiger partial charge on any atom is 0.165 e. The summed E-state index contributed by atoms with van der Waals surface area (Å²) in [7, 11) is 0. The molecule has 0 aliphatic carbocycles. The summed E-state index contributed by atoms with van der Waals surface area (Å²) in [6.07, 6.45) is 3.15. The lowest BCUT2D eigenvalue weighted by atomic mass is 10.1. The first-order valence-corrected chi connectivity index (χ1v) is 15.0. The van der Waals surface area contributed by atoms with E-state index in [0.717, 1.165) is 59.1 Å². The van der Waals surface area contributed by atoms with Crippen LogP contribution in [0.5, 0.6) is 0 Å². The molecule has 4 aromatic heterocycles. The monoisotopic (exact) mass is 592 g/mol. The average molecular weight is 593 g/mol. The van der Waals surface area contributed by atoms with Gasteiger partial charge in [0.1, 0.15) is 35.2 Å². The summed E-state index contributed by atoms with van der Waals surface area (Å²) in [6, 6.07) is 30.9. The number of rotatable bonds is 6. The van der Waals surface area contributed by atoms with Crippen LogP contribution in [-0.4, -0.2) is 59.6 Å². The Morgan fingerprint density at radius 1 is 0.867 bits per heavy atom. The van der Waals surface area contributed by atoms with Gasteiger partial charge >= 0.3 is 0 Å². The normalized spacial score (nSPS) is 17.0. The highest BCUT2D eigenvalue weighted by atomic mass is 15.3. The quantitative estimate of drug-likeness (QED) is 0.267. The molecule has 222 valence electrons. The Labute approximate surface area is 261 Å². The molecule has 0 amide bonds. The maximum absolute atomic E-state index is 9.29. The molecule has 2 atom stereocenters. The van der Waals surface area contributed by atoms with E-state index in [2.05, 4.69) is 85.6 Å². The highest BCUT2D eigenvalue weighted by molar-refractivity contribution is 5.84. The lowest BCUT2D eigenvalue weighted by Crippen LogP contribution is -2.56. The molecule has 0 saturated carbocycles. The summed E-state index contributed by atoms with van der Waals surface area (Å²) >= 11 is 0. The van der Waals surface area contributed by atoms with Crippen molar-refractivity contribution < 1.29 is 0 Å². The van der Waals surface area contributed by atoms with Gasteiger partial charge in [-0.25, -0.2) is 24.9 Å². The second-order valence-electron chi connectivity index (χ2n) is 11.5. The molecule has 1 fully saturated rings. The Morgan fingerprint density at radius 2 is 1.64 bits per heavy atom. The summed E-state index contributed by atoms with van der Waals surface area (Å²) in [5.74, 6) is 1.92. The molecule has 1 aliphatic rings. The number of piperazine rings is 1. The zero-order chi connectivity index (χ0) is 30.9. The van der Waals surface area contributed by atoms with E-state index < -0.39 is 0 Å². The van der Waals surface area contributed by atoms with Crippen molar-refractivity contribution in [2.75, 3.05) is 23.7 Å². The van der Waals surface area contributed by atoms with Gasteiger partial charge in [0, 0.05) is 55.2 Å². The zero-order valence-corrected chi connectivity index (χ0v) is 25.1. The van der Waals surface area contributed by atoms with Crippen LogP contribution in [0.1, 0.15) is 25.1 Å². The maximum atomic E-state index is 9.29. The molecule has 2 aromatic carbocycles. The fourth-order valence-corrected chi connectivity index (χ4v) is 6.33. The predicted molar refractivity (Wildman–Crippen MR) is 175 cm³/mol. The van der Waals surface area contributed by atoms with Gasteiger partial charge in [-0.3, -0.25) is 9.47 Å². The first-order valence-electron chi connectivity index (χ1n) is 15.0. The van der Waals surface area contributed by atoms with Crippen molar-refractivity contribution in [3.63, 3.8) is 0 Å². The Morgan fingerprint density at radius 3 is 2.38 bits per heavy atom. The predicted octanol–water partition coefficient (Wildman–Crippen LogP) is 5.49. The largest absolute Gasteiger partial charge is 0.383 e. The number of aromatic nitrogens is 6. The topological polar surface area (TPSA) is 126 Å². The van der Waals surface area contributed by atoms with Crippen molar-refractivity contribution in [3.05, 3.63) is 109 Å². The molecule has 0 spiro atoms. The molecule has 1 aliphatic heterocycles. The zero-order valence-electron chi connectivity index (χ0n) is 25.1. The smallest absolute Gasteiger partial charge is 0.165 e. The van der Waals surface area contributed by atoms with Crippen LogP contribution in [0.4, 0.5) is 11.6 Å². The van der Waals surface area contributed by atoms with E-state index in [0.29, 0.717) is 17.3 Å². The van der Waals surface area contributed by atoms with Crippen molar-refractivity contribution in [3.8, 4) is 34.4 Å². The van der Waals surface area contributed by atoms with Crippen molar-refractivity contribution in [2.45, 2.75) is 32.5 Å². The van der Waals surface area contributed by atoms with E-state index in [9.17, 15) is 5.26 Å². The fraction of sp³-hybridized carbons (Fsp3) is 0.200. The van der Waals surface area contributed by atoms with Crippen LogP contribution in [0, 0.1) is 11.3 Å². The number of imidazole rings is 1. The summed E-state index contributed by atoms with van der Waals surface area (Å²) < 4.78 is 2.07. The first-order chi connectivity index (χ1) is 22.0. The molecule has 0 unspecified atom stereocenters. The number of fused-ring (bicyclic) bond motifs is 1. The number of nitriles is 1. The van der Waals surface area contributed by atoms with E-state index in [1.807, 2.05) is 42.5 Å². The molecule has 6 aromatic rings. The fourth-order valence-electron chi connectivity index (χ4n) is 6.33. The second-order valence-corrected chi connectivity index (χ2v) is 11.5. The van der Waals surface area contributed by atoms with Crippen LogP contribution in [-0.2, 0) is 6.54 Å². The minimum atomic E-state index is 0.226. The van der Waals surface area contributed by atoms with Crippen LogP contribution in [0.25, 0.3) is 39.5 Å². The van der Waals surface area contributed by atoms with E-state index in [1.54, 1.807) is 12.3 Å². The van der Waals surface area contributed by atoms with E-state index in [4.69, 9.17) is 15.7 Å². The van der Waals surface area contributed by atoms with Crippen molar-refractivity contribution in [1.82, 2.24) is 34.4 Å². The summed E-state index contributed by atoms with van der Waals surface area (Å²) in [5.41, 5.74) is 13.1. The first kappa shape index (κ1) is 28.1. The second kappa shape index (κ2) is 11.8. The highest BCUT2D eigenvalue weighted by Gasteiger charge is 2.30. The van der Waals surface area contributed by atoms with Crippen LogP contribution >= 0.6 is 0 Å². The van der Waals surface area contributed by atoms with Gasteiger partial charge in [0.25, 0.3) is 0 Å². The minimum absolute atomic E-state index is 0.226. The van der Waals surface area contributed by atoms with Crippen molar-refractivity contribution >= 4 is 22.8 Å². The molecule has 5 heterocycles. The molecule has 0 bridgehead atoms. The number of nitrogen functional groups attached to an aromatic ring is 1. The molecule has 45 heavy (non-hydrogen) atoms. The minimum Gasteiger partial charge on any atom is -0.383 e. The van der Waals surface area contributed by atoms with Crippen LogP contribution < -0.4 is 10.6 Å². The van der Waals surface area contributed by atoms with E-state index in [-0.39, 0.29) is 12.1 Å². The SMILES string of the molecule is C[C@@H]1CN(Cc2ccc(-n3c(-c4cccnc4N)nc4ccc(-c5ccccc5)nc43)cc2)C[C@H](C)N1c1cc(C#N)ncn1. The third-order valence-electron chi connectivity index (χ3n) is 8.28. The number of hydrogen-bond acceptors (Lipinski definition) is 9. The van der Waals surface area contributed by atoms with E-state index >= 15 is 0 Å². The van der Waals surface area contributed by atoms with Gasteiger partial charge in [-0.1, -0.05) is 42.5 Å². The van der Waals surface area contributed by atoms with Crippen LogP contribution in [0.2, 0.25) is 0 Å². The number of anilines is 2. The van der Waals surface area contributed by atoms with Gasteiger partial charge in [0.05, 0.1) is 11.3 Å². The Balaban J connectivity index is 1.19. The molecule has 10 nitrogen and oxygen atoms in total. The molecule has 1 saturated heterocycles. The van der Waals surface area contributed by atoms with Crippen LogP contribution in [0.3, 0.4) is 0 Å². The lowest BCUT2D eigenvalue weighted by molar-refractivity contribution is 0.191. The molecule has 2 N–H and O–H groups in total. The Bertz CT molecular complexity index is 2000. The van der Waals surface area contributed by atoms with Crippen LogP contribution in [0.15, 0.2) is 97.5 Å². The lowest BCUT2D eigenvalue weighted by Gasteiger charge is -2.45. The number of pyridine rings is 2. The van der Waals surface area contributed by atoms with Gasteiger partial charge in [0.2, 0.25) is 0 Å². The summed E-state index contributed by atoms with van der Waals surface area (Å²) in [4.78, 5) is 27.6. The van der Waals surface area contributed by atoms with Gasteiger partial charge in [-0.15, -0.1) is 0 Å². The molecular weight excluding hydrogens is 560 g/mol. The summed E-state index contributed by atoms with van der Waals surface area (Å²) in [5, 5.41) is 9.29.